The van der Waals surface area contributed by atoms with E-state index in [9.17, 15) is 0 Å². The maximum absolute atomic E-state index is 5.12. The maximum Gasteiger partial charge on any atom is 0.0713 e. The molecule has 20 heavy (non-hydrogen) atoms. The van der Waals surface area contributed by atoms with Gasteiger partial charge in [0.2, 0.25) is 0 Å². The fraction of sp³-hybridized carbons (Fsp3) is 0.333. The lowest BCUT2D eigenvalue weighted by molar-refractivity contribution is 0.185. The zero-order valence-electron chi connectivity index (χ0n) is 12.4. The van der Waals surface area contributed by atoms with Crippen LogP contribution in [-0.2, 0) is 24.3 Å². The van der Waals surface area contributed by atoms with Crippen molar-refractivity contribution in [2.24, 2.45) is 0 Å². The van der Waals surface area contributed by atoms with Crippen molar-refractivity contribution in [2.45, 2.75) is 32.9 Å². The lowest BCUT2D eigenvalue weighted by Crippen LogP contribution is -2.02. The predicted octanol–water partition coefficient (Wildman–Crippen LogP) is 4.40. The Bertz CT molecular complexity index is 519. The second-order valence-corrected chi connectivity index (χ2v) is 5.01. The zero-order chi connectivity index (χ0) is 14.2. The average molecular weight is 269 g/mol. The number of benzene rings is 2. The molecule has 106 valence electrons. The van der Waals surface area contributed by atoms with E-state index in [0.29, 0.717) is 6.61 Å². The van der Waals surface area contributed by atoms with Gasteiger partial charge in [0.25, 0.3) is 0 Å². The van der Waals surface area contributed by atoms with Crippen molar-refractivity contribution >= 4 is 5.69 Å². The first kappa shape index (κ1) is 14.6. The summed E-state index contributed by atoms with van der Waals surface area (Å²) < 4.78 is 5.12. The van der Waals surface area contributed by atoms with E-state index in [1.807, 2.05) is 0 Å². The molecule has 0 atom stereocenters. The Morgan fingerprint density at radius 3 is 2.35 bits per heavy atom. The number of hydrogen-bond donors (Lipinski definition) is 1. The zero-order valence-corrected chi connectivity index (χ0v) is 12.4. The molecule has 0 saturated heterocycles. The molecule has 2 rings (SSSR count). The Kier molecular flexibility index (Phi) is 5.63. The minimum Gasteiger partial charge on any atom is -0.381 e. The second-order valence-electron chi connectivity index (χ2n) is 5.01. The highest BCUT2D eigenvalue weighted by Gasteiger charge is 2.00. The third-order valence-corrected chi connectivity index (χ3v) is 3.35. The van der Waals surface area contributed by atoms with Gasteiger partial charge in [0, 0.05) is 19.3 Å². The van der Waals surface area contributed by atoms with Crippen LogP contribution >= 0.6 is 0 Å². The molecule has 0 unspecified atom stereocenters. The lowest BCUT2D eigenvalue weighted by atomic mass is 10.1. The van der Waals surface area contributed by atoms with Gasteiger partial charge in [-0.1, -0.05) is 55.8 Å². The molecule has 0 fully saturated rings. The summed E-state index contributed by atoms with van der Waals surface area (Å²) in [5.74, 6) is 0. The lowest BCUT2D eigenvalue weighted by Gasteiger charge is -2.12. The highest BCUT2D eigenvalue weighted by atomic mass is 16.5. The van der Waals surface area contributed by atoms with E-state index in [0.717, 1.165) is 13.0 Å². The standard InChI is InChI=1S/C18H23NO/c1-3-6-17-7-4-5-8-18(17)19-13-15-9-11-16(12-10-15)14-20-2/h4-5,7-12,19H,3,6,13-14H2,1-2H3. The van der Waals surface area contributed by atoms with Crippen LogP contribution in [0.25, 0.3) is 0 Å². The van der Waals surface area contributed by atoms with Gasteiger partial charge in [0.05, 0.1) is 6.61 Å². The first-order valence-electron chi connectivity index (χ1n) is 7.22. The molecule has 0 amide bonds. The van der Waals surface area contributed by atoms with Crippen LogP contribution in [-0.4, -0.2) is 7.11 Å². The molecule has 0 radical (unpaired) electrons. The van der Waals surface area contributed by atoms with Crippen molar-refractivity contribution in [3.05, 3.63) is 65.2 Å². The largest absolute Gasteiger partial charge is 0.381 e. The van der Waals surface area contributed by atoms with Gasteiger partial charge < -0.3 is 10.1 Å². The molecule has 0 aliphatic rings. The van der Waals surface area contributed by atoms with Crippen molar-refractivity contribution in [2.75, 3.05) is 12.4 Å². The SMILES string of the molecule is CCCc1ccccc1NCc1ccc(COC)cc1. The number of para-hydroxylation sites is 1. The van der Waals surface area contributed by atoms with Gasteiger partial charge in [-0.15, -0.1) is 0 Å². The molecule has 2 aromatic rings. The van der Waals surface area contributed by atoms with E-state index in [-0.39, 0.29) is 0 Å². The Balaban J connectivity index is 1.97. The van der Waals surface area contributed by atoms with Gasteiger partial charge >= 0.3 is 0 Å². The van der Waals surface area contributed by atoms with Crippen molar-refractivity contribution in [3.8, 4) is 0 Å². The Morgan fingerprint density at radius 2 is 1.65 bits per heavy atom. The van der Waals surface area contributed by atoms with Gasteiger partial charge in [-0.2, -0.15) is 0 Å². The molecule has 2 nitrogen and oxygen atoms in total. The third-order valence-electron chi connectivity index (χ3n) is 3.35. The molecular formula is C18H23NO. The molecule has 0 spiro atoms. The third kappa shape index (κ3) is 4.10. The van der Waals surface area contributed by atoms with Gasteiger partial charge in [0.15, 0.2) is 0 Å². The second kappa shape index (κ2) is 7.71. The van der Waals surface area contributed by atoms with Crippen LogP contribution in [0.15, 0.2) is 48.5 Å². The normalized spacial score (nSPS) is 10.5. The van der Waals surface area contributed by atoms with Crippen molar-refractivity contribution < 1.29 is 4.74 Å². The number of ether oxygens (including phenoxy) is 1. The van der Waals surface area contributed by atoms with Crippen molar-refractivity contribution in [1.82, 2.24) is 0 Å². The Hall–Kier alpha value is -1.80. The quantitative estimate of drug-likeness (QED) is 0.804. The van der Waals surface area contributed by atoms with E-state index < -0.39 is 0 Å². The predicted molar refractivity (Wildman–Crippen MR) is 84.9 cm³/mol. The Morgan fingerprint density at radius 1 is 0.950 bits per heavy atom. The van der Waals surface area contributed by atoms with Crippen LogP contribution in [0.5, 0.6) is 0 Å². The molecule has 0 bridgehead atoms. The van der Waals surface area contributed by atoms with E-state index in [2.05, 4.69) is 60.8 Å². The van der Waals surface area contributed by atoms with Gasteiger partial charge in [-0.25, -0.2) is 0 Å². The smallest absolute Gasteiger partial charge is 0.0713 e. The van der Waals surface area contributed by atoms with Gasteiger partial charge in [-0.05, 0) is 29.2 Å². The summed E-state index contributed by atoms with van der Waals surface area (Å²) in [6, 6.07) is 17.1. The maximum atomic E-state index is 5.12. The summed E-state index contributed by atoms with van der Waals surface area (Å²) in [4.78, 5) is 0. The van der Waals surface area contributed by atoms with Crippen LogP contribution in [0.1, 0.15) is 30.0 Å². The van der Waals surface area contributed by atoms with Crippen molar-refractivity contribution in [1.29, 1.82) is 0 Å². The van der Waals surface area contributed by atoms with Crippen molar-refractivity contribution in [3.63, 3.8) is 0 Å². The summed E-state index contributed by atoms with van der Waals surface area (Å²) in [7, 11) is 1.72. The van der Waals surface area contributed by atoms with Gasteiger partial charge in [0.1, 0.15) is 0 Å². The molecule has 0 aromatic heterocycles. The summed E-state index contributed by atoms with van der Waals surface area (Å²) >= 11 is 0. The van der Waals surface area contributed by atoms with Gasteiger partial charge in [-0.3, -0.25) is 0 Å². The minimum atomic E-state index is 0.674. The van der Waals surface area contributed by atoms with E-state index >= 15 is 0 Å². The van der Waals surface area contributed by atoms with E-state index in [1.165, 1.54) is 28.8 Å². The fourth-order valence-electron chi connectivity index (χ4n) is 2.30. The molecule has 1 N–H and O–H groups in total. The highest BCUT2D eigenvalue weighted by Crippen LogP contribution is 2.18. The average Bonchev–Trinajstić information content (AvgIpc) is 2.48. The van der Waals surface area contributed by atoms with Crippen LogP contribution in [0.4, 0.5) is 5.69 Å². The van der Waals surface area contributed by atoms with E-state index in [1.54, 1.807) is 7.11 Å². The van der Waals surface area contributed by atoms with Crippen LogP contribution < -0.4 is 5.32 Å². The first-order valence-corrected chi connectivity index (χ1v) is 7.22. The first-order chi connectivity index (χ1) is 9.83. The molecule has 0 heterocycles. The topological polar surface area (TPSA) is 21.3 Å². The molecule has 2 heteroatoms. The molecule has 2 aromatic carbocycles. The highest BCUT2D eigenvalue weighted by molar-refractivity contribution is 5.51. The summed E-state index contributed by atoms with van der Waals surface area (Å²) in [6.07, 6.45) is 2.29. The molecule has 0 saturated carbocycles. The number of methoxy groups -OCH3 is 1. The number of anilines is 1. The summed E-state index contributed by atoms with van der Waals surface area (Å²) in [5, 5.41) is 3.53. The molecule has 0 aliphatic heterocycles. The molecular weight excluding hydrogens is 246 g/mol. The van der Waals surface area contributed by atoms with E-state index in [4.69, 9.17) is 4.74 Å². The number of hydrogen-bond acceptors (Lipinski definition) is 2. The van der Waals surface area contributed by atoms with Crippen LogP contribution in [0.3, 0.4) is 0 Å². The fourth-order valence-corrected chi connectivity index (χ4v) is 2.30. The summed E-state index contributed by atoms with van der Waals surface area (Å²) in [5.41, 5.74) is 5.14. The molecule has 0 aliphatic carbocycles. The number of rotatable bonds is 7. The number of nitrogens with one attached hydrogen (secondary N) is 1. The number of aryl methyl sites for hydroxylation is 1. The summed E-state index contributed by atoms with van der Waals surface area (Å²) in [6.45, 7) is 3.74. The monoisotopic (exact) mass is 269 g/mol. The van der Waals surface area contributed by atoms with Crippen LogP contribution in [0.2, 0.25) is 0 Å². The Labute approximate surface area is 121 Å². The van der Waals surface area contributed by atoms with Crippen LogP contribution in [0, 0.1) is 0 Å². The minimum absolute atomic E-state index is 0.674.